The van der Waals surface area contributed by atoms with E-state index in [1.54, 1.807) is 0 Å². The lowest BCUT2D eigenvalue weighted by Gasteiger charge is -2.23. The van der Waals surface area contributed by atoms with Crippen molar-refractivity contribution in [1.29, 1.82) is 0 Å². The van der Waals surface area contributed by atoms with Crippen molar-refractivity contribution >= 4 is 11.4 Å². The van der Waals surface area contributed by atoms with Crippen molar-refractivity contribution in [1.82, 2.24) is 15.0 Å². The van der Waals surface area contributed by atoms with Crippen LogP contribution in [0.5, 0.6) is 0 Å². The maximum Gasteiger partial charge on any atom is 0.251 e. The molecule has 2 aromatic heterocycles. The molecule has 2 aromatic rings. The fraction of sp³-hybridized carbons (Fsp3) is 0.353. The third kappa shape index (κ3) is 2.10. The lowest BCUT2D eigenvalue weighted by Crippen LogP contribution is -2.44. The third-order valence-corrected chi connectivity index (χ3v) is 4.71. The maximum atomic E-state index is 12.4. The Morgan fingerprint density at radius 3 is 3.05 bits per heavy atom. The van der Waals surface area contributed by atoms with E-state index in [4.69, 9.17) is 6.42 Å². The van der Waals surface area contributed by atoms with Gasteiger partial charge in [-0.15, -0.1) is 6.42 Å². The molecule has 1 saturated carbocycles. The second kappa shape index (κ2) is 4.64. The number of nitrogens with one attached hydrogen (secondary N) is 2. The van der Waals surface area contributed by atoms with E-state index >= 15 is 0 Å². The molecule has 3 heterocycles. The molecule has 4 rings (SSSR count). The SMILES string of the molecule is C#Cc1cc2cc(C(=O)NC3CC4CC3CN4)ccn2c1. The Morgan fingerprint density at radius 1 is 1.43 bits per heavy atom. The minimum Gasteiger partial charge on any atom is -0.349 e. The topological polar surface area (TPSA) is 45.5 Å². The summed E-state index contributed by atoms with van der Waals surface area (Å²) in [5.74, 6) is 3.21. The number of carbonyl (C=O) groups excluding carboxylic acids is 1. The van der Waals surface area contributed by atoms with Crippen molar-refractivity contribution in [2.75, 3.05) is 6.54 Å². The summed E-state index contributed by atoms with van der Waals surface area (Å²) in [6.45, 7) is 1.03. The molecule has 2 aliphatic rings. The molecule has 2 N–H and O–H groups in total. The van der Waals surface area contributed by atoms with E-state index in [1.165, 1.54) is 6.42 Å². The first-order valence-electron chi connectivity index (χ1n) is 7.35. The normalized spacial score (nSPS) is 26.9. The summed E-state index contributed by atoms with van der Waals surface area (Å²) in [5, 5.41) is 6.64. The summed E-state index contributed by atoms with van der Waals surface area (Å²) in [5.41, 5.74) is 2.47. The monoisotopic (exact) mass is 279 g/mol. The zero-order valence-corrected chi connectivity index (χ0v) is 11.7. The van der Waals surface area contributed by atoms with Gasteiger partial charge in [-0.2, -0.15) is 0 Å². The fourth-order valence-corrected chi connectivity index (χ4v) is 3.59. The number of amides is 1. The average molecular weight is 279 g/mol. The quantitative estimate of drug-likeness (QED) is 0.816. The molecule has 0 spiro atoms. The molecule has 1 saturated heterocycles. The summed E-state index contributed by atoms with van der Waals surface area (Å²) in [4.78, 5) is 12.4. The summed E-state index contributed by atoms with van der Waals surface area (Å²) in [6, 6.07) is 6.55. The van der Waals surface area contributed by atoms with E-state index in [9.17, 15) is 4.79 Å². The number of hydrogen-bond donors (Lipinski definition) is 2. The zero-order chi connectivity index (χ0) is 14.4. The van der Waals surface area contributed by atoms with Gasteiger partial charge in [0.1, 0.15) is 0 Å². The summed E-state index contributed by atoms with van der Waals surface area (Å²) >= 11 is 0. The van der Waals surface area contributed by atoms with E-state index in [1.807, 2.05) is 35.0 Å². The van der Waals surface area contributed by atoms with Crippen LogP contribution in [0.15, 0.2) is 30.6 Å². The number of rotatable bonds is 2. The summed E-state index contributed by atoms with van der Waals surface area (Å²) < 4.78 is 1.94. The lowest BCUT2D eigenvalue weighted by molar-refractivity contribution is 0.0925. The summed E-state index contributed by atoms with van der Waals surface area (Å²) in [7, 11) is 0. The highest BCUT2D eigenvalue weighted by atomic mass is 16.1. The van der Waals surface area contributed by atoms with Gasteiger partial charge >= 0.3 is 0 Å². The maximum absolute atomic E-state index is 12.4. The van der Waals surface area contributed by atoms with Gasteiger partial charge in [-0.3, -0.25) is 4.79 Å². The van der Waals surface area contributed by atoms with Crippen LogP contribution in [0.1, 0.15) is 28.8 Å². The van der Waals surface area contributed by atoms with Crippen LogP contribution in [0.4, 0.5) is 0 Å². The van der Waals surface area contributed by atoms with Crippen LogP contribution in [-0.4, -0.2) is 28.9 Å². The molecule has 4 heteroatoms. The predicted octanol–water partition coefficient (Wildman–Crippen LogP) is 1.40. The second-order valence-electron chi connectivity index (χ2n) is 6.04. The van der Waals surface area contributed by atoms with Crippen LogP contribution in [0.3, 0.4) is 0 Å². The Morgan fingerprint density at radius 2 is 2.33 bits per heavy atom. The van der Waals surface area contributed by atoms with Crippen LogP contribution in [0.25, 0.3) is 5.52 Å². The largest absolute Gasteiger partial charge is 0.349 e. The van der Waals surface area contributed by atoms with Gasteiger partial charge in [-0.1, -0.05) is 5.92 Å². The van der Waals surface area contributed by atoms with Gasteiger partial charge in [0, 0.05) is 47.7 Å². The minimum atomic E-state index is 0.0125. The Labute approximate surface area is 123 Å². The highest BCUT2D eigenvalue weighted by Gasteiger charge is 2.40. The first-order chi connectivity index (χ1) is 10.2. The van der Waals surface area contributed by atoms with Crippen molar-refractivity contribution in [3.05, 3.63) is 41.7 Å². The lowest BCUT2D eigenvalue weighted by atomic mass is 10.0. The van der Waals surface area contributed by atoms with Gasteiger partial charge in [0.15, 0.2) is 0 Å². The highest BCUT2D eigenvalue weighted by molar-refractivity contribution is 5.95. The van der Waals surface area contributed by atoms with E-state index in [-0.39, 0.29) is 5.91 Å². The molecular weight excluding hydrogens is 262 g/mol. The van der Waals surface area contributed by atoms with Gasteiger partial charge < -0.3 is 15.0 Å². The molecule has 3 atom stereocenters. The molecule has 0 aromatic carbocycles. The highest BCUT2D eigenvalue weighted by Crippen LogP contribution is 2.31. The Kier molecular flexibility index (Phi) is 2.76. The minimum absolute atomic E-state index is 0.0125. The molecule has 106 valence electrons. The molecule has 1 aliphatic carbocycles. The number of pyridine rings is 1. The van der Waals surface area contributed by atoms with E-state index in [0.717, 1.165) is 24.0 Å². The van der Waals surface area contributed by atoms with Crippen LogP contribution >= 0.6 is 0 Å². The van der Waals surface area contributed by atoms with Crippen molar-refractivity contribution in [3.63, 3.8) is 0 Å². The first kappa shape index (κ1) is 12.5. The average Bonchev–Trinajstić information content (AvgIpc) is 3.20. The van der Waals surface area contributed by atoms with E-state index in [2.05, 4.69) is 16.6 Å². The second-order valence-corrected chi connectivity index (χ2v) is 6.04. The number of carbonyl (C=O) groups is 1. The van der Waals surface area contributed by atoms with Crippen molar-refractivity contribution < 1.29 is 4.79 Å². The Bertz CT molecular complexity index is 755. The molecule has 1 amide bonds. The van der Waals surface area contributed by atoms with Gasteiger partial charge in [0.25, 0.3) is 5.91 Å². The van der Waals surface area contributed by atoms with Crippen molar-refractivity contribution in [3.8, 4) is 12.3 Å². The number of piperidine rings is 1. The number of nitrogens with zero attached hydrogens (tertiary/aromatic N) is 1. The van der Waals surface area contributed by atoms with Crippen molar-refractivity contribution in [2.24, 2.45) is 5.92 Å². The molecule has 0 radical (unpaired) electrons. The predicted molar refractivity (Wildman–Crippen MR) is 81.1 cm³/mol. The fourth-order valence-electron chi connectivity index (χ4n) is 3.59. The molecule has 21 heavy (non-hydrogen) atoms. The number of terminal acetylenes is 1. The number of fused-ring (bicyclic) bond motifs is 3. The Hall–Kier alpha value is -2.25. The molecule has 1 aliphatic heterocycles. The molecule has 3 unspecified atom stereocenters. The molecule has 2 bridgehead atoms. The smallest absolute Gasteiger partial charge is 0.251 e. The van der Waals surface area contributed by atoms with Gasteiger partial charge in [0.2, 0.25) is 0 Å². The standard InChI is InChI=1S/C17H17N3O/c1-2-11-5-15-7-12(3-4-20(15)10-11)17(21)19-16-8-14-6-13(16)9-18-14/h1,3-5,7,10,13-14,16,18H,6,8-9H2,(H,19,21). The number of hydrogen-bond acceptors (Lipinski definition) is 2. The molecule has 2 fully saturated rings. The van der Waals surface area contributed by atoms with E-state index in [0.29, 0.717) is 23.6 Å². The zero-order valence-electron chi connectivity index (χ0n) is 11.7. The van der Waals surface area contributed by atoms with Crippen LogP contribution in [0, 0.1) is 18.3 Å². The van der Waals surface area contributed by atoms with Crippen molar-refractivity contribution in [2.45, 2.75) is 24.9 Å². The van der Waals surface area contributed by atoms with Crippen LogP contribution in [0.2, 0.25) is 0 Å². The van der Waals surface area contributed by atoms with Gasteiger partial charge in [-0.05, 0) is 37.0 Å². The third-order valence-electron chi connectivity index (χ3n) is 4.71. The Balaban J connectivity index is 1.55. The molecular formula is C17H17N3O. The van der Waals surface area contributed by atoms with E-state index < -0.39 is 0 Å². The van der Waals surface area contributed by atoms with Crippen LogP contribution < -0.4 is 10.6 Å². The molecule has 4 nitrogen and oxygen atoms in total. The van der Waals surface area contributed by atoms with Crippen LogP contribution in [-0.2, 0) is 0 Å². The summed E-state index contributed by atoms with van der Waals surface area (Å²) in [6.07, 6.45) is 11.4. The first-order valence-corrected chi connectivity index (χ1v) is 7.35. The number of aromatic nitrogens is 1. The van der Waals surface area contributed by atoms with Gasteiger partial charge in [-0.25, -0.2) is 0 Å². The van der Waals surface area contributed by atoms with Gasteiger partial charge in [0.05, 0.1) is 0 Å².